The lowest BCUT2D eigenvalue weighted by molar-refractivity contribution is 0.710. The third-order valence-corrected chi connectivity index (χ3v) is 6.40. The van der Waals surface area contributed by atoms with Crippen LogP contribution in [0.2, 0.25) is 0 Å². The van der Waals surface area contributed by atoms with E-state index in [1.54, 1.807) is 5.56 Å². The molecular formula is C22H28N4. The Kier molecular flexibility index (Phi) is 3.87. The highest BCUT2D eigenvalue weighted by Gasteiger charge is 2.42. The molecule has 4 heteroatoms. The number of hydrogen-bond acceptors (Lipinski definition) is 4. The molecule has 2 aromatic rings. The zero-order valence-electron chi connectivity index (χ0n) is 15.8. The molecule has 2 atom stereocenters. The van der Waals surface area contributed by atoms with Crippen LogP contribution in [-0.2, 0) is 0 Å². The van der Waals surface area contributed by atoms with Crippen molar-refractivity contribution in [3.05, 3.63) is 47.2 Å². The molecule has 1 aromatic heterocycles. The SMILES string of the molecule is CC(C)c1cc(N2C[C@H]3C[C@H]2c2ccccc23)nc(NC2CCCC2)n1. The smallest absolute Gasteiger partial charge is 0.225 e. The highest BCUT2D eigenvalue weighted by atomic mass is 15.3. The van der Waals surface area contributed by atoms with E-state index in [1.165, 1.54) is 37.7 Å². The zero-order chi connectivity index (χ0) is 17.7. The largest absolute Gasteiger partial charge is 0.351 e. The van der Waals surface area contributed by atoms with Crippen molar-refractivity contribution in [2.24, 2.45) is 0 Å². The molecule has 3 aliphatic rings. The average molecular weight is 348 g/mol. The first kappa shape index (κ1) is 16.1. The Morgan fingerprint density at radius 1 is 1.08 bits per heavy atom. The van der Waals surface area contributed by atoms with E-state index in [9.17, 15) is 0 Å². The van der Waals surface area contributed by atoms with Crippen LogP contribution in [0.1, 0.15) is 80.7 Å². The third-order valence-electron chi connectivity index (χ3n) is 6.40. The number of rotatable bonds is 4. The Labute approximate surface area is 156 Å². The quantitative estimate of drug-likeness (QED) is 0.844. The fourth-order valence-corrected chi connectivity index (χ4v) is 5.01. The van der Waals surface area contributed by atoms with Crippen LogP contribution in [0.3, 0.4) is 0 Å². The van der Waals surface area contributed by atoms with Gasteiger partial charge >= 0.3 is 0 Å². The Morgan fingerprint density at radius 2 is 1.85 bits per heavy atom. The molecule has 136 valence electrons. The van der Waals surface area contributed by atoms with Crippen LogP contribution in [0.5, 0.6) is 0 Å². The molecule has 1 aliphatic heterocycles. The summed E-state index contributed by atoms with van der Waals surface area (Å²) in [6.45, 7) is 5.52. The molecule has 0 unspecified atom stereocenters. The summed E-state index contributed by atoms with van der Waals surface area (Å²) in [4.78, 5) is 12.3. The predicted octanol–water partition coefficient (Wildman–Crippen LogP) is 5.00. The fraction of sp³-hybridized carbons (Fsp3) is 0.545. The van der Waals surface area contributed by atoms with Gasteiger partial charge in [0, 0.05) is 24.6 Å². The van der Waals surface area contributed by atoms with Crippen molar-refractivity contribution in [2.75, 3.05) is 16.8 Å². The monoisotopic (exact) mass is 348 g/mol. The van der Waals surface area contributed by atoms with Gasteiger partial charge in [0.25, 0.3) is 0 Å². The number of hydrogen-bond donors (Lipinski definition) is 1. The van der Waals surface area contributed by atoms with Crippen molar-refractivity contribution < 1.29 is 0 Å². The topological polar surface area (TPSA) is 41.1 Å². The number of benzene rings is 1. The summed E-state index contributed by atoms with van der Waals surface area (Å²) in [5, 5.41) is 3.61. The van der Waals surface area contributed by atoms with Crippen LogP contribution in [0.25, 0.3) is 0 Å². The second-order valence-corrected chi connectivity index (χ2v) is 8.48. The number of nitrogens with one attached hydrogen (secondary N) is 1. The summed E-state index contributed by atoms with van der Waals surface area (Å²) in [5.74, 6) is 2.99. The normalized spacial score (nSPS) is 24.5. The van der Waals surface area contributed by atoms with Gasteiger partial charge in [0.2, 0.25) is 5.95 Å². The van der Waals surface area contributed by atoms with Gasteiger partial charge in [-0.1, -0.05) is 51.0 Å². The summed E-state index contributed by atoms with van der Waals surface area (Å²) < 4.78 is 0. The van der Waals surface area contributed by atoms with Crippen molar-refractivity contribution >= 4 is 11.8 Å². The molecule has 26 heavy (non-hydrogen) atoms. The first-order chi connectivity index (χ1) is 12.7. The predicted molar refractivity (Wildman–Crippen MR) is 106 cm³/mol. The molecule has 0 amide bonds. The highest BCUT2D eigenvalue weighted by molar-refractivity contribution is 5.55. The van der Waals surface area contributed by atoms with Crippen LogP contribution in [0, 0.1) is 0 Å². The van der Waals surface area contributed by atoms with Crippen molar-refractivity contribution in [1.82, 2.24) is 9.97 Å². The summed E-state index contributed by atoms with van der Waals surface area (Å²) in [7, 11) is 0. The lowest BCUT2D eigenvalue weighted by Gasteiger charge is -2.30. The lowest BCUT2D eigenvalue weighted by Crippen LogP contribution is -2.29. The number of nitrogens with zero attached hydrogens (tertiary/aromatic N) is 3. The van der Waals surface area contributed by atoms with Crippen molar-refractivity contribution in [1.29, 1.82) is 0 Å². The maximum atomic E-state index is 4.96. The molecule has 1 N–H and O–H groups in total. The Hall–Kier alpha value is -2.10. The summed E-state index contributed by atoms with van der Waals surface area (Å²) >= 11 is 0. The van der Waals surface area contributed by atoms with Crippen LogP contribution in [0.4, 0.5) is 11.8 Å². The molecule has 5 rings (SSSR count). The standard InChI is InChI=1S/C22H28N4/c1-14(2)19-12-21(25-22(24-19)23-16-7-3-4-8-16)26-13-15-11-20(26)18-10-6-5-9-17(15)18/h5-6,9-10,12,14-16,20H,3-4,7-8,11,13H2,1-2H3,(H,23,24,25)/t15-,20+/m1/s1. The van der Waals surface area contributed by atoms with Crippen molar-refractivity contribution in [2.45, 2.75) is 69.9 Å². The second kappa shape index (κ2) is 6.26. The minimum atomic E-state index is 0.410. The van der Waals surface area contributed by atoms with Gasteiger partial charge in [-0.2, -0.15) is 4.98 Å². The zero-order valence-corrected chi connectivity index (χ0v) is 15.8. The van der Waals surface area contributed by atoms with Crippen LogP contribution in [0.15, 0.2) is 30.3 Å². The van der Waals surface area contributed by atoms with E-state index in [-0.39, 0.29) is 0 Å². The van der Waals surface area contributed by atoms with Gasteiger partial charge in [-0.3, -0.25) is 0 Å². The fourth-order valence-electron chi connectivity index (χ4n) is 5.01. The molecule has 4 nitrogen and oxygen atoms in total. The Morgan fingerprint density at radius 3 is 2.62 bits per heavy atom. The van der Waals surface area contributed by atoms with Crippen LogP contribution >= 0.6 is 0 Å². The van der Waals surface area contributed by atoms with Gasteiger partial charge in [0.05, 0.1) is 11.7 Å². The molecule has 2 bridgehead atoms. The van der Waals surface area contributed by atoms with Crippen LogP contribution < -0.4 is 10.2 Å². The van der Waals surface area contributed by atoms with Gasteiger partial charge in [-0.05, 0) is 36.3 Å². The third kappa shape index (κ3) is 2.67. The Balaban J connectivity index is 1.48. The molecule has 1 saturated carbocycles. The van der Waals surface area contributed by atoms with Gasteiger partial charge in [0.15, 0.2) is 0 Å². The molecule has 2 heterocycles. The molecule has 1 saturated heterocycles. The molecule has 2 aliphatic carbocycles. The lowest BCUT2D eigenvalue weighted by atomic mass is 9.99. The van der Waals surface area contributed by atoms with Gasteiger partial charge in [0.1, 0.15) is 5.82 Å². The van der Waals surface area contributed by atoms with E-state index in [2.05, 4.69) is 54.4 Å². The van der Waals surface area contributed by atoms with E-state index in [0.717, 1.165) is 24.0 Å². The minimum Gasteiger partial charge on any atom is -0.351 e. The second-order valence-electron chi connectivity index (χ2n) is 8.48. The minimum absolute atomic E-state index is 0.410. The van der Waals surface area contributed by atoms with Crippen molar-refractivity contribution in [3.63, 3.8) is 0 Å². The maximum absolute atomic E-state index is 4.96. The highest BCUT2D eigenvalue weighted by Crippen LogP contribution is 2.51. The first-order valence-electron chi connectivity index (χ1n) is 10.2. The van der Waals surface area contributed by atoms with Crippen LogP contribution in [-0.4, -0.2) is 22.6 Å². The van der Waals surface area contributed by atoms with E-state index in [0.29, 0.717) is 23.9 Å². The maximum Gasteiger partial charge on any atom is 0.225 e. The average Bonchev–Trinajstić information content (AvgIpc) is 3.38. The van der Waals surface area contributed by atoms with E-state index in [1.807, 2.05) is 0 Å². The molecular weight excluding hydrogens is 320 g/mol. The number of fused-ring (bicyclic) bond motifs is 5. The summed E-state index contributed by atoms with van der Waals surface area (Å²) in [6, 6.07) is 12.2. The summed E-state index contributed by atoms with van der Waals surface area (Å²) in [6.07, 6.45) is 6.35. The van der Waals surface area contributed by atoms with Gasteiger partial charge < -0.3 is 10.2 Å². The Bertz CT molecular complexity index is 810. The van der Waals surface area contributed by atoms with E-state index in [4.69, 9.17) is 9.97 Å². The number of anilines is 2. The molecule has 1 aromatic carbocycles. The first-order valence-corrected chi connectivity index (χ1v) is 10.2. The molecule has 0 spiro atoms. The van der Waals surface area contributed by atoms with Gasteiger partial charge in [-0.25, -0.2) is 4.98 Å². The van der Waals surface area contributed by atoms with E-state index >= 15 is 0 Å². The number of aromatic nitrogens is 2. The molecule has 2 fully saturated rings. The van der Waals surface area contributed by atoms with Gasteiger partial charge in [-0.15, -0.1) is 0 Å². The van der Waals surface area contributed by atoms with Crippen molar-refractivity contribution in [3.8, 4) is 0 Å². The van der Waals surface area contributed by atoms with E-state index < -0.39 is 0 Å². The molecule has 0 radical (unpaired) electrons. The summed E-state index contributed by atoms with van der Waals surface area (Å²) in [5.41, 5.74) is 4.20.